The predicted molar refractivity (Wildman–Crippen MR) is 230 cm³/mol. The molecule has 6 aromatic carbocycles. The maximum atomic E-state index is 5.30. The highest BCUT2D eigenvalue weighted by molar-refractivity contribution is 7.25. The van der Waals surface area contributed by atoms with Gasteiger partial charge in [-0.15, -0.1) is 11.3 Å². The van der Waals surface area contributed by atoms with Crippen LogP contribution in [0.2, 0.25) is 0 Å². The summed E-state index contributed by atoms with van der Waals surface area (Å²) in [6.07, 6.45) is 12.9. The van der Waals surface area contributed by atoms with Crippen LogP contribution in [0.25, 0.3) is 76.3 Å². The summed E-state index contributed by atoms with van der Waals surface area (Å²) in [5, 5.41) is 2.37. The lowest BCUT2D eigenvalue weighted by Gasteiger charge is -2.37. The van der Waals surface area contributed by atoms with Gasteiger partial charge in [-0.2, -0.15) is 0 Å². The van der Waals surface area contributed by atoms with E-state index in [1.54, 1.807) is 33.6 Å². The maximum Gasteiger partial charge on any atom is 0.161 e. The Labute approximate surface area is 327 Å². The molecule has 2 nitrogen and oxygen atoms in total. The van der Waals surface area contributed by atoms with Gasteiger partial charge in [0, 0.05) is 37.4 Å². The molecule has 2 fully saturated rings. The Hall–Kier alpha value is -5.38. The van der Waals surface area contributed by atoms with Crippen LogP contribution in [-0.4, -0.2) is 9.97 Å². The second-order valence-electron chi connectivity index (χ2n) is 16.6. The van der Waals surface area contributed by atoms with Crippen LogP contribution in [0, 0.1) is 0 Å². The van der Waals surface area contributed by atoms with Gasteiger partial charge < -0.3 is 0 Å². The van der Waals surface area contributed by atoms with Crippen LogP contribution >= 0.6 is 11.3 Å². The van der Waals surface area contributed by atoms with Crippen molar-refractivity contribution >= 4 is 31.6 Å². The van der Waals surface area contributed by atoms with Crippen molar-refractivity contribution in [3.63, 3.8) is 0 Å². The third kappa shape index (κ3) is 4.54. The van der Waals surface area contributed by atoms with Gasteiger partial charge >= 0.3 is 0 Å². The molecule has 4 aliphatic rings. The van der Waals surface area contributed by atoms with Crippen molar-refractivity contribution < 1.29 is 0 Å². The minimum Gasteiger partial charge on any atom is -0.227 e. The van der Waals surface area contributed by atoms with Crippen molar-refractivity contribution in [1.82, 2.24) is 9.97 Å². The molecule has 0 atom stereocenters. The molecule has 8 aromatic rings. The quantitative estimate of drug-likeness (QED) is 0.181. The molecule has 55 heavy (non-hydrogen) atoms. The molecule has 0 aliphatic heterocycles. The van der Waals surface area contributed by atoms with Crippen LogP contribution in [0.15, 0.2) is 133 Å². The topological polar surface area (TPSA) is 25.8 Å². The molecule has 0 bridgehead atoms. The van der Waals surface area contributed by atoms with Crippen LogP contribution in [0.3, 0.4) is 0 Å². The summed E-state index contributed by atoms with van der Waals surface area (Å²) in [4.78, 5) is 11.6. The van der Waals surface area contributed by atoms with Crippen molar-refractivity contribution in [1.29, 1.82) is 0 Å². The smallest absolute Gasteiger partial charge is 0.161 e. The Kier molecular flexibility index (Phi) is 7.00. The average Bonchev–Trinajstić information content (AvgIpc) is 3.85. The first kappa shape index (κ1) is 31.9. The molecule has 0 unspecified atom stereocenters. The summed E-state index contributed by atoms with van der Waals surface area (Å²) in [7, 11) is 0. The largest absolute Gasteiger partial charge is 0.227 e. The van der Waals surface area contributed by atoms with Gasteiger partial charge in [0.15, 0.2) is 5.82 Å². The third-order valence-corrected chi connectivity index (χ3v) is 15.0. The standard InChI is InChI=1S/C52H42N2S/c1-4-15-34(16-5-1)48-47-38-18-7-9-22-45(38)55-50(47)54-49(53-48)35-25-23-33(24-26-35)36-19-14-21-42-46(36)40-32-43-39(31-44(40)52(42)29-12-3-13-30-52)37-17-6-8-20-41(37)51(43)27-10-2-11-28-51/h1,4-9,14-26,31-32H,2-3,10-13,27-30H2. The van der Waals surface area contributed by atoms with E-state index in [2.05, 4.69) is 133 Å². The molecule has 2 aromatic heterocycles. The molecule has 0 N–H and O–H groups in total. The lowest BCUT2D eigenvalue weighted by molar-refractivity contribution is 0.350. The zero-order valence-electron chi connectivity index (χ0n) is 31.1. The van der Waals surface area contributed by atoms with Gasteiger partial charge in [-0.05, 0) is 99.5 Å². The number of benzene rings is 6. The van der Waals surface area contributed by atoms with E-state index < -0.39 is 0 Å². The van der Waals surface area contributed by atoms with Gasteiger partial charge in [-0.1, -0.05) is 154 Å². The molecule has 3 heteroatoms. The molecular formula is C52H42N2S. The Balaban J connectivity index is 1.02. The van der Waals surface area contributed by atoms with Gasteiger partial charge in [-0.25, -0.2) is 9.97 Å². The van der Waals surface area contributed by atoms with E-state index in [-0.39, 0.29) is 10.8 Å². The predicted octanol–water partition coefficient (Wildman–Crippen LogP) is 14.3. The minimum absolute atomic E-state index is 0.0898. The number of fused-ring (bicyclic) bond motifs is 13. The Bertz CT molecular complexity index is 2820. The highest BCUT2D eigenvalue weighted by Gasteiger charge is 2.49. The van der Waals surface area contributed by atoms with E-state index in [0.717, 1.165) is 32.9 Å². The SMILES string of the molecule is c1ccc(-c2nc(-c3ccc(-c4cccc5c4-c4cc6c(cc4C54CCCCC4)-c4ccccc4C64CCCCC4)cc3)nc3sc4ccccc4c23)cc1. The molecule has 2 heterocycles. The molecule has 0 radical (unpaired) electrons. The fourth-order valence-electron chi connectivity index (χ4n) is 11.5. The fourth-order valence-corrected chi connectivity index (χ4v) is 12.5. The number of rotatable bonds is 3. The second-order valence-corrected chi connectivity index (χ2v) is 17.7. The van der Waals surface area contributed by atoms with Crippen molar-refractivity contribution in [3.8, 4) is 56.0 Å². The van der Waals surface area contributed by atoms with E-state index >= 15 is 0 Å². The third-order valence-electron chi connectivity index (χ3n) is 13.9. The van der Waals surface area contributed by atoms with Gasteiger partial charge in [0.2, 0.25) is 0 Å². The minimum atomic E-state index is 0.0898. The first-order chi connectivity index (χ1) is 27.2. The molecule has 12 rings (SSSR count). The van der Waals surface area contributed by atoms with Crippen molar-refractivity contribution in [2.75, 3.05) is 0 Å². The summed E-state index contributed by atoms with van der Waals surface area (Å²) in [5.74, 6) is 0.780. The molecule has 2 saturated carbocycles. The van der Waals surface area contributed by atoms with E-state index in [9.17, 15) is 0 Å². The van der Waals surface area contributed by atoms with Crippen LogP contribution in [0.5, 0.6) is 0 Å². The highest BCUT2D eigenvalue weighted by atomic mass is 32.1. The van der Waals surface area contributed by atoms with Crippen LogP contribution in [0.1, 0.15) is 86.5 Å². The number of aromatic nitrogens is 2. The molecule has 0 amide bonds. The lowest BCUT2D eigenvalue weighted by atomic mass is 9.66. The Morgan fingerprint density at radius 1 is 0.436 bits per heavy atom. The average molecular weight is 727 g/mol. The summed E-state index contributed by atoms with van der Waals surface area (Å²) in [6, 6.07) is 50.4. The molecule has 2 spiro atoms. The van der Waals surface area contributed by atoms with E-state index in [0.29, 0.717) is 0 Å². The Morgan fingerprint density at radius 3 is 1.85 bits per heavy atom. The Morgan fingerprint density at radius 2 is 1.05 bits per heavy atom. The van der Waals surface area contributed by atoms with E-state index in [1.165, 1.54) is 108 Å². The monoisotopic (exact) mass is 726 g/mol. The first-order valence-corrected chi connectivity index (χ1v) is 21.3. The fraction of sp³-hybridized carbons (Fsp3) is 0.231. The zero-order chi connectivity index (χ0) is 36.1. The van der Waals surface area contributed by atoms with Gasteiger partial charge in [0.1, 0.15) is 4.83 Å². The van der Waals surface area contributed by atoms with Crippen molar-refractivity contribution in [2.24, 2.45) is 0 Å². The summed E-state index contributed by atoms with van der Waals surface area (Å²) >= 11 is 1.76. The molecule has 0 saturated heterocycles. The zero-order valence-corrected chi connectivity index (χ0v) is 31.9. The second kappa shape index (κ2) is 12.1. The number of thiophene rings is 1. The molecule has 4 aliphatic carbocycles. The molecule has 266 valence electrons. The first-order valence-electron chi connectivity index (χ1n) is 20.5. The van der Waals surface area contributed by atoms with Crippen LogP contribution in [0.4, 0.5) is 0 Å². The van der Waals surface area contributed by atoms with Gasteiger partial charge in [-0.3, -0.25) is 0 Å². The van der Waals surface area contributed by atoms with Crippen molar-refractivity contribution in [2.45, 2.75) is 75.0 Å². The summed E-state index contributed by atoms with van der Waals surface area (Å²) < 4.78 is 1.24. The summed E-state index contributed by atoms with van der Waals surface area (Å²) in [5.41, 5.74) is 18.3. The summed E-state index contributed by atoms with van der Waals surface area (Å²) in [6.45, 7) is 0. The maximum absolute atomic E-state index is 5.30. The number of hydrogen-bond donors (Lipinski definition) is 0. The van der Waals surface area contributed by atoms with Crippen molar-refractivity contribution in [3.05, 3.63) is 156 Å². The number of hydrogen-bond acceptors (Lipinski definition) is 3. The van der Waals surface area contributed by atoms with Crippen LogP contribution in [-0.2, 0) is 10.8 Å². The normalized spacial score (nSPS) is 17.4. The van der Waals surface area contributed by atoms with Gasteiger partial charge in [0.05, 0.1) is 5.69 Å². The van der Waals surface area contributed by atoms with E-state index in [1.807, 2.05) is 0 Å². The highest BCUT2D eigenvalue weighted by Crippen LogP contribution is 2.63. The van der Waals surface area contributed by atoms with Gasteiger partial charge in [0.25, 0.3) is 0 Å². The van der Waals surface area contributed by atoms with E-state index in [4.69, 9.17) is 9.97 Å². The van der Waals surface area contributed by atoms with Crippen LogP contribution < -0.4 is 0 Å². The number of nitrogens with zero attached hydrogens (tertiary/aromatic N) is 2. The lowest BCUT2D eigenvalue weighted by Crippen LogP contribution is -2.29. The molecular weight excluding hydrogens is 685 g/mol.